The Hall–Kier alpha value is -2.43. The Morgan fingerprint density at radius 2 is 1.29 bits per heavy atom. The number of carboxylic acid groups (broad SMARTS) is 1. The number of rotatable bonds is 21. The number of ether oxygens (including phenoxy) is 8. The summed E-state index contributed by atoms with van der Waals surface area (Å²) in [5, 5.41) is 143. The van der Waals surface area contributed by atoms with Gasteiger partial charge in [0.05, 0.1) is 38.6 Å². The Morgan fingerprint density at radius 1 is 0.714 bits per heavy atom. The predicted molar refractivity (Wildman–Crippen MR) is 201 cm³/mol. The van der Waals surface area contributed by atoms with E-state index >= 15 is 0 Å². The number of carbonyl (C=O) groups excluding carboxylic acids is 2. The van der Waals surface area contributed by atoms with Crippen LogP contribution in [0.4, 0.5) is 0 Å². The lowest BCUT2D eigenvalue weighted by Crippen LogP contribution is -2.70. The molecule has 0 spiro atoms. The molecule has 0 saturated carbocycles. The molecule has 27 nitrogen and oxygen atoms in total. The van der Waals surface area contributed by atoms with Crippen molar-refractivity contribution in [2.75, 3.05) is 39.6 Å². The Labute approximate surface area is 360 Å². The smallest absolute Gasteiger partial charge is 0.364 e. The number of unbranched alkanes of at least 4 members (excludes halogenated alkanes) is 2. The first-order valence-electron chi connectivity index (χ1n) is 20.4. The van der Waals surface area contributed by atoms with Crippen LogP contribution in [-0.2, 0) is 52.3 Å². The van der Waals surface area contributed by atoms with E-state index in [9.17, 15) is 80.8 Å². The first kappa shape index (κ1) is 53.2. The fraction of sp³-hybridized carbons (Fsp3) is 0.917. The molecule has 0 aromatic rings. The van der Waals surface area contributed by atoms with E-state index < -0.39 is 179 Å². The van der Waals surface area contributed by atoms with Crippen molar-refractivity contribution in [3.63, 3.8) is 0 Å². The topological polar surface area (TPSA) is 438 Å². The first-order chi connectivity index (χ1) is 29.7. The van der Waals surface area contributed by atoms with E-state index in [1.165, 1.54) is 0 Å². The van der Waals surface area contributed by atoms with Crippen LogP contribution in [-0.4, -0.2) is 252 Å². The third kappa shape index (κ3) is 12.7. The van der Waals surface area contributed by atoms with Crippen molar-refractivity contribution in [2.24, 2.45) is 5.73 Å². The minimum absolute atomic E-state index is 0.0300. The molecule has 366 valence electrons. The van der Waals surface area contributed by atoms with Gasteiger partial charge in [0.2, 0.25) is 11.8 Å². The van der Waals surface area contributed by atoms with Gasteiger partial charge >= 0.3 is 5.97 Å². The molecule has 17 N–H and O–H groups in total. The Kier molecular flexibility index (Phi) is 20.1. The standard InChI is InChI=1S/C36H63N3O24/c1-13(43)38-20-15(45)8-36(35(54)55,63-30(20)22(47)16(46)9-40)57-12-19-25(50)29(61-34-27(52)26(51)23(48)17(10-41)59-34)21(39-14(2)44)32(60-19)62-31-24(49)18(11-42)58-33(28(31)53)56-7-5-3-4-6-37/h15-34,40-42,45-53H,3-12,37H2,1-2H3,(H,38,43)(H,39,44)(H,54,55)/t15-,16+,17+,18+,19+,20+,21+,22+,23-,24-,25+,26-,27+,28+,29+,30+,31-,32-,33+,34-,36+/m0/s1. The highest BCUT2D eigenvalue weighted by molar-refractivity contribution is 5.76. The molecular formula is C36H63N3O24. The van der Waals surface area contributed by atoms with Crippen LogP contribution in [0.15, 0.2) is 0 Å². The maximum Gasteiger partial charge on any atom is 0.364 e. The Balaban J connectivity index is 1.73. The lowest BCUT2D eigenvalue weighted by atomic mass is 9.88. The van der Waals surface area contributed by atoms with Crippen LogP contribution < -0.4 is 16.4 Å². The fourth-order valence-corrected chi connectivity index (χ4v) is 7.68. The Morgan fingerprint density at radius 3 is 1.87 bits per heavy atom. The lowest BCUT2D eigenvalue weighted by molar-refractivity contribution is -0.372. The normalized spacial score (nSPS) is 42.0. The van der Waals surface area contributed by atoms with Gasteiger partial charge in [-0.2, -0.15) is 0 Å². The molecule has 0 aromatic heterocycles. The molecule has 27 heteroatoms. The van der Waals surface area contributed by atoms with Crippen LogP contribution in [0.5, 0.6) is 0 Å². The summed E-state index contributed by atoms with van der Waals surface area (Å²) in [6, 6.07) is -3.32. The van der Waals surface area contributed by atoms with Crippen LogP contribution in [0, 0.1) is 0 Å². The van der Waals surface area contributed by atoms with Crippen LogP contribution in [0.1, 0.15) is 39.5 Å². The van der Waals surface area contributed by atoms with E-state index in [1.807, 2.05) is 0 Å². The molecule has 4 aliphatic rings. The molecule has 0 unspecified atom stereocenters. The third-order valence-corrected chi connectivity index (χ3v) is 11.1. The monoisotopic (exact) mass is 921 g/mol. The minimum Gasteiger partial charge on any atom is -0.477 e. The number of nitrogens with two attached hydrogens (primary N) is 1. The number of amides is 2. The van der Waals surface area contributed by atoms with Crippen LogP contribution >= 0.6 is 0 Å². The molecule has 2 amide bonds. The van der Waals surface area contributed by atoms with Crippen LogP contribution in [0.25, 0.3) is 0 Å². The molecular weight excluding hydrogens is 858 g/mol. The molecule has 0 radical (unpaired) electrons. The molecule has 63 heavy (non-hydrogen) atoms. The predicted octanol–water partition coefficient (Wildman–Crippen LogP) is -9.10. The van der Waals surface area contributed by atoms with Crippen LogP contribution in [0.2, 0.25) is 0 Å². The summed E-state index contributed by atoms with van der Waals surface area (Å²) in [6.07, 6.45) is -33.1. The van der Waals surface area contributed by atoms with Gasteiger partial charge in [-0.1, -0.05) is 0 Å². The van der Waals surface area contributed by atoms with Gasteiger partial charge in [-0.25, -0.2) is 4.79 Å². The second-order valence-corrected chi connectivity index (χ2v) is 15.8. The second kappa shape index (κ2) is 23.8. The SMILES string of the molecule is CC(=O)N[C@H]1[C@H](O[C@H]2[C@@H](O)[C@@H](CO)O[C@@H](OCCCCCN)[C@@H]2O)O[C@H](CO[C@]2(C(=O)O)C[C@H](O)[C@@H](NC(C)=O)[C@H]([C@H](O)[C@H](O)CO)O2)[C@@H](O)[C@@H]1O[C@@H]1O[C@H](CO)[C@H](O)[C@H](O)[C@H]1O. The van der Waals surface area contributed by atoms with Crippen molar-refractivity contribution in [1.29, 1.82) is 0 Å². The molecule has 4 rings (SSSR count). The average molecular weight is 922 g/mol. The summed E-state index contributed by atoms with van der Waals surface area (Å²) in [5.74, 6) is -6.53. The van der Waals surface area contributed by atoms with E-state index in [0.717, 1.165) is 13.8 Å². The highest BCUT2D eigenvalue weighted by atomic mass is 16.8. The maximum absolute atomic E-state index is 12.9. The van der Waals surface area contributed by atoms with Gasteiger partial charge in [-0.3, -0.25) is 9.59 Å². The number of aliphatic carboxylic acids is 1. The highest BCUT2D eigenvalue weighted by Gasteiger charge is 2.58. The van der Waals surface area contributed by atoms with Gasteiger partial charge in [-0.05, 0) is 25.8 Å². The van der Waals surface area contributed by atoms with Gasteiger partial charge < -0.3 is 121 Å². The number of aliphatic hydroxyl groups is 12. The van der Waals surface area contributed by atoms with Crippen molar-refractivity contribution in [3.05, 3.63) is 0 Å². The minimum atomic E-state index is -2.98. The average Bonchev–Trinajstić information content (AvgIpc) is 3.24. The number of aliphatic hydroxyl groups excluding tert-OH is 12. The van der Waals surface area contributed by atoms with Gasteiger partial charge in [0.25, 0.3) is 5.79 Å². The van der Waals surface area contributed by atoms with Crippen molar-refractivity contribution in [3.8, 4) is 0 Å². The van der Waals surface area contributed by atoms with Crippen molar-refractivity contribution in [2.45, 2.75) is 168 Å². The molecule has 0 bridgehead atoms. The highest BCUT2D eigenvalue weighted by Crippen LogP contribution is 2.37. The second-order valence-electron chi connectivity index (χ2n) is 15.8. The number of hydrogen-bond acceptors (Lipinski definition) is 24. The number of carboxylic acids is 1. The van der Waals surface area contributed by atoms with Gasteiger partial charge in [-0.15, -0.1) is 0 Å². The maximum atomic E-state index is 12.9. The van der Waals surface area contributed by atoms with Crippen LogP contribution in [0.3, 0.4) is 0 Å². The van der Waals surface area contributed by atoms with Gasteiger partial charge in [0.15, 0.2) is 18.9 Å². The summed E-state index contributed by atoms with van der Waals surface area (Å²) < 4.78 is 46.1. The molecule has 21 atom stereocenters. The van der Waals surface area contributed by atoms with Crippen molar-refractivity contribution >= 4 is 17.8 Å². The summed E-state index contributed by atoms with van der Waals surface area (Å²) in [7, 11) is 0. The largest absolute Gasteiger partial charge is 0.477 e. The summed E-state index contributed by atoms with van der Waals surface area (Å²) >= 11 is 0. The fourth-order valence-electron chi connectivity index (χ4n) is 7.68. The molecule has 4 fully saturated rings. The molecule has 4 heterocycles. The molecule has 4 aliphatic heterocycles. The molecule has 0 aromatic carbocycles. The lowest BCUT2D eigenvalue weighted by Gasteiger charge is -2.50. The zero-order valence-corrected chi connectivity index (χ0v) is 34.5. The van der Waals surface area contributed by atoms with E-state index in [0.29, 0.717) is 25.8 Å². The van der Waals surface area contributed by atoms with Gasteiger partial charge in [0, 0.05) is 26.9 Å². The Bertz CT molecular complexity index is 1460. The van der Waals surface area contributed by atoms with E-state index in [2.05, 4.69) is 10.6 Å². The quantitative estimate of drug-likeness (QED) is 0.0475. The summed E-state index contributed by atoms with van der Waals surface area (Å²) in [4.78, 5) is 37.6. The number of carbonyl (C=O) groups is 3. The van der Waals surface area contributed by atoms with Gasteiger partial charge in [0.1, 0.15) is 91.5 Å². The van der Waals surface area contributed by atoms with E-state index in [4.69, 9.17) is 43.6 Å². The van der Waals surface area contributed by atoms with E-state index in [1.54, 1.807) is 0 Å². The third-order valence-electron chi connectivity index (χ3n) is 11.1. The summed E-state index contributed by atoms with van der Waals surface area (Å²) in [5.41, 5.74) is 5.54. The van der Waals surface area contributed by atoms with Crippen molar-refractivity contribution in [1.82, 2.24) is 10.6 Å². The zero-order chi connectivity index (χ0) is 46.9. The number of nitrogens with one attached hydrogen (secondary N) is 2. The first-order valence-corrected chi connectivity index (χ1v) is 20.4. The zero-order valence-electron chi connectivity index (χ0n) is 34.5. The molecule has 4 saturated heterocycles. The van der Waals surface area contributed by atoms with E-state index in [-0.39, 0.29) is 6.61 Å². The summed E-state index contributed by atoms with van der Waals surface area (Å²) in [6.45, 7) is -1.39. The number of hydrogen-bond donors (Lipinski definition) is 16. The molecule has 0 aliphatic carbocycles. The van der Waals surface area contributed by atoms with Crippen molar-refractivity contribution < 1.29 is 119 Å².